The Morgan fingerprint density at radius 1 is 1.03 bits per heavy atom. The summed E-state index contributed by atoms with van der Waals surface area (Å²) in [6.07, 6.45) is 3.50. The van der Waals surface area contributed by atoms with E-state index in [0.29, 0.717) is 21.6 Å². The molecule has 5 rings (SSSR count). The van der Waals surface area contributed by atoms with Gasteiger partial charge in [0.25, 0.3) is 5.91 Å². The van der Waals surface area contributed by atoms with Gasteiger partial charge in [-0.25, -0.2) is 4.98 Å². The topological polar surface area (TPSA) is 46.1 Å². The van der Waals surface area contributed by atoms with E-state index in [4.69, 9.17) is 16.6 Å². The third kappa shape index (κ3) is 3.71. The lowest BCUT2D eigenvalue weighted by Gasteiger charge is -2.19. The van der Waals surface area contributed by atoms with Gasteiger partial charge >= 0.3 is 0 Å². The maximum Gasteiger partial charge on any atom is 0.272 e. The van der Waals surface area contributed by atoms with Gasteiger partial charge in [0.2, 0.25) is 0 Å². The summed E-state index contributed by atoms with van der Waals surface area (Å²) in [5.74, 6) is -0.150. The Balaban J connectivity index is 1.63. The molecule has 3 aromatic heterocycles. The first-order chi connectivity index (χ1) is 15.0. The molecule has 31 heavy (non-hydrogen) atoms. The predicted octanol–water partition coefficient (Wildman–Crippen LogP) is 7.02. The fourth-order valence-corrected chi connectivity index (χ4v) is 5.96. The molecule has 0 bridgehead atoms. The zero-order valence-corrected chi connectivity index (χ0v) is 19.3. The molecule has 0 atom stereocenters. The minimum atomic E-state index is -0.150. The molecule has 0 N–H and O–H groups in total. The van der Waals surface area contributed by atoms with Crippen LogP contribution in [0.5, 0.6) is 0 Å². The number of thiazole rings is 1. The van der Waals surface area contributed by atoms with Crippen LogP contribution in [0.3, 0.4) is 0 Å². The Morgan fingerprint density at radius 2 is 1.84 bits per heavy atom. The first kappa shape index (κ1) is 20.1. The Bertz CT molecular complexity index is 1390. The number of pyridine rings is 1. The summed E-state index contributed by atoms with van der Waals surface area (Å²) in [6.45, 7) is 4.53. The lowest BCUT2D eigenvalue weighted by atomic mass is 10.1. The van der Waals surface area contributed by atoms with Crippen LogP contribution in [0.1, 0.15) is 26.4 Å². The molecule has 0 fully saturated rings. The Morgan fingerprint density at radius 3 is 2.61 bits per heavy atom. The number of thiophene rings is 1. The molecule has 1 amide bonds. The first-order valence-electron chi connectivity index (χ1n) is 9.77. The van der Waals surface area contributed by atoms with Gasteiger partial charge in [-0.1, -0.05) is 47.2 Å². The number of carbonyl (C=O) groups excluding carboxylic acids is 1. The number of hydrogen-bond donors (Lipinski definition) is 0. The molecule has 4 nitrogen and oxygen atoms in total. The van der Waals surface area contributed by atoms with Crippen LogP contribution in [0.2, 0.25) is 5.02 Å². The second kappa shape index (κ2) is 8.04. The van der Waals surface area contributed by atoms with Crippen LogP contribution in [-0.2, 0) is 6.54 Å². The molecule has 2 aromatic carbocycles. The first-order valence-corrected chi connectivity index (χ1v) is 11.8. The zero-order valence-electron chi connectivity index (χ0n) is 16.9. The average Bonchev–Trinajstić information content (AvgIpc) is 3.33. The molecule has 0 spiro atoms. The van der Waals surface area contributed by atoms with Gasteiger partial charge in [0, 0.05) is 22.5 Å². The molecule has 0 saturated carbocycles. The third-order valence-electron chi connectivity index (χ3n) is 5.26. The van der Waals surface area contributed by atoms with Gasteiger partial charge in [-0.15, -0.1) is 11.3 Å². The van der Waals surface area contributed by atoms with Crippen molar-refractivity contribution < 1.29 is 4.79 Å². The summed E-state index contributed by atoms with van der Waals surface area (Å²) < 4.78 is 2.05. The Labute approximate surface area is 192 Å². The molecule has 5 aromatic rings. The maximum absolute atomic E-state index is 13.7. The number of anilines is 1. The number of hydrogen-bond acceptors (Lipinski definition) is 5. The van der Waals surface area contributed by atoms with Crippen LogP contribution in [-0.4, -0.2) is 15.9 Å². The van der Waals surface area contributed by atoms with E-state index in [1.807, 2.05) is 36.4 Å². The average molecular weight is 464 g/mol. The van der Waals surface area contributed by atoms with Crippen molar-refractivity contribution >= 4 is 65.6 Å². The van der Waals surface area contributed by atoms with E-state index < -0.39 is 0 Å². The molecule has 0 saturated heterocycles. The second-order valence-corrected chi connectivity index (χ2v) is 9.83. The largest absolute Gasteiger partial charge is 0.279 e. The van der Waals surface area contributed by atoms with Crippen molar-refractivity contribution in [3.05, 3.63) is 87.5 Å². The van der Waals surface area contributed by atoms with Crippen LogP contribution in [0.15, 0.2) is 60.9 Å². The standard InChI is InChI=1S/C24H18ClN3OS2/c1-14-10-18-20(11-15(14)2)31-24(27-18)28(13-16-6-5-9-26-12-16)23(29)22-21(25)17-7-3-4-8-19(17)30-22/h3-12H,13H2,1-2H3. The highest BCUT2D eigenvalue weighted by atomic mass is 35.5. The molecular weight excluding hydrogens is 446 g/mol. The van der Waals surface area contributed by atoms with E-state index in [9.17, 15) is 4.79 Å². The number of aryl methyl sites for hydroxylation is 2. The summed E-state index contributed by atoms with van der Waals surface area (Å²) in [4.78, 5) is 25.0. The third-order valence-corrected chi connectivity index (χ3v) is 7.97. The number of carbonyl (C=O) groups is 1. The highest BCUT2D eigenvalue weighted by molar-refractivity contribution is 7.23. The molecule has 0 unspecified atom stereocenters. The number of halogens is 1. The van der Waals surface area contributed by atoms with E-state index in [2.05, 4.69) is 31.0 Å². The number of fused-ring (bicyclic) bond motifs is 2. The fourth-order valence-electron chi connectivity index (χ4n) is 3.46. The monoisotopic (exact) mass is 463 g/mol. The van der Waals surface area contributed by atoms with Gasteiger partial charge in [0.1, 0.15) is 4.88 Å². The van der Waals surface area contributed by atoms with Crippen molar-refractivity contribution in [2.45, 2.75) is 20.4 Å². The highest BCUT2D eigenvalue weighted by Gasteiger charge is 2.26. The molecule has 0 radical (unpaired) electrons. The number of amides is 1. The van der Waals surface area contributed by atoms with Gasteiger partial charge in [0.15, 0.2) is 5.13 Å². The van der Waals surface area contributed by atoms with Crippen molar-refractivity contribution in [1.82, 2.24) is 9.97 Å². The fraction of sp³-hybridized carbons (Fsp3) is 0.125. The quantitative estimate of drug-likeness (QED) is 0.287. The summed E-state index contributed by atoms with van der Waals surface area (Å²) >= 11 is 9.57. The molecule has 0 aliphatic carbocycles. The molecular formula is C24H18ClN3OS2. The lowest BCUT2D eigenvalue weighted by molar-refractivity contribution is 0.0989. The minimum Gasteiger partial charge on any atom is -0.279 e. The number of rotatable bonds is 4. The molecule has 0 aliphatic rings. The predicted molar refractivity (Wildman–Crippen MR) is 131 cm³/mol. The second-order valence-electron chi connectivity index (χ2n) is 7.39. The van der Waals surface area contributed by atoms with Gasteiger partial charge in [0.05, 0.1) is 21.8 Å². The van der Waals surface area contributed by atoms with Crippen LogP contribution >= 0.6 is 34.3 Å². The molecule has 0 aliphatic heterocycles. The van der Waals surface area contributed by atoms with Crippen LogP contribution in [0.25, 0.3) is 20.3 Å². The number of benzene rings is 2. The van der Waals surface area contributed by atoms with Gasteiger partial charge in [-0.3, -0.25) is 14.7 Å². The van der Waals surface area contributed by atoms with E-state index in [1.54, 1.807) is 17.3 Å². The SMILES string of the molecule is Cc1cc2nc(N(Cc3cccnc3)C(=O)c3sc4ccccc4c3Cl)sc2cc1C. The van der Waals surface area contributed by atoms with Crippen molar-refractivity contribution in [3.8, 4) is 0 Å². The maximum atomic E-state index is 13.7. The molecule has 154 valence electrons. The van der Waals surface area contributed by atoms with Crippen LogP contribution < -0.4 is 4.90 Å². The summed E-state index contributed by atoms with van der Waals surface area (Å²) in [6, 6.07) is 15.8. The van der Waals surface area contributed by atoms with Gasteiger partial charge < -0.3 is 0 Å². The minimum absolute atomic E-state index is 0.150. The lowest BCUT2D eigenvalue weighted by Crippen LogP contribution is -2.30. The molecule has 7 heteroatoms. The summed E-state index contributed by atoms with van der Waals surface area (Å²) in [5, 5.41) is 2.05. The normalized spacial score (nSPS) is 11.3. The summed E-state index contributed by atoms with van der Waals surface area (Å²) in [5.41, 5.74) is 4.22. The number of aromatic nitrogens is 2. The van der Waals surface area contributed by atoms with E-state index in [-0.39, 0.29) is 5.91 Å². The van der Waals surface area contributed by atoms with Crippen molar-refractivity contribution in [2.75, 3.05) is 4.90 Å². The smallest absolute Gasteiger partial charge is 0.272 e. The van der Waals surface area contributed by atoms with E-state index in [0.717, 1.165) is 25.9 Å². The summed E-state index contributed by atoms with van der Waals surface area (Å²) in [7, 11) is 0. The van der Waals surface area contributed by atoms with Crippen LogP contribution in [0.4, 0.5) is 5.13 Å². The highest BCUT2D eigenvalue weighted by Crippen LogP contribution is 2.38. The van der Waals surface area contributed by atoms with Crippen LogP contribution in [0, 0.1) is 13.8 Å². The van der Waals surface area contributed by atoms with Crippen molar-refractivity contribution in [2.24, 2.45) is 0 Å². The van der Waals surface area contributed by atoms with Gasteiger partial charge in [-0.05, 0) is 54.8 Å². The van der Waals surface area contributed by atoms with Crippen molar-refractivity contribution in [1.29, 1.82) is 0 Å². The number of nitrogens with zero attached hydrogens (tertiary/aromatic N) is 3. The Hall–Kier alpha value is -2.80. The van der Waals surface area contributed by atoms with E-state index >= 15 is 0 Å². The zero-order chi connectivity index (χ0) is 21.5. The van der Waals surface area contributed by atoms with E-state index in [1.165, 1.54) is 33.8 Å². The molecule has 3 heterocycles. The Kier molecular flexibility index (Phi) is 5.22. The van der Waals surface area contributed by atoms with Crippen molar-refractivity contribution in [3.63, 3.8) is 0 Å². The van der Waals surface area contributed by atoms with Gasteiger partial charge in [-0.2, -0.15) is 0 Å².